The summed E-state index contributed by atoms with van der Waals surface area (Å²) in [7, 11) is 1.66. The Hall–Kier alpha value is -3.93. The molecule has 0 bridgehead atoms. The van der Waals surface area contributed by atoms with Gasteiger partial charge in [0.1, 0.15) is 18.2 Å². The Morgan fingerprint density at radius 2 is 1.82 bits per heavy atom. The molecule has 0 amide bonds. The highest BCUT2D eigenvalue weighted by Gasteiger charge is 2.28. The van der Waals surface area contributed by atoms with E-state index in [-0.39, 0.29) is 0 Å². The van der Waals surface area contributed by atoms with Crippen LogP contribution in [0.25, 0.3) is 22.4 Å². The molecule has 0 unspecified atom stereocenters. The summed E-state index contributed by atoms with van der Waals surface area (Å²) in [5, 5.41) is 0. The van der Waals surface area contributed by atoms with Crippen LogP contribution in [0.1, 0.15) is 35.6 Å². The van der Waals surface area contributed by atoms with Gasteiger partial charge in [0.05, 0.1) is 18.5 Å². The van der Waals surface area contributed by atoms with Crippen molar-refractivity contribution in [1.29, 1.82) is 0 Å². The molecule has 5 rings (SSSR count). The van der Waals surface area contributed by atoms with E-state index in [0.717, 1.165) is 45.0 Å². The summed E-state index contributed by atoms with van der Waals surface area (Å²) < 4.78 is 11.4. The smallest absolute Gasteiger partial charge is 0.214 e. The predicted molar refractivity (Wildman–Crippen MR) is 129 cm³/mol. The van der Waals surface area contributed by atoms with Gasteiger partial charge in [-0.1, -0.05) is 12.1 Å². The number of aromatic nitrogens is 3. The van der Waals surface area contributed by atoms with Crippen LogP contribution >= 0.6 is 0 Å². The van der Waals surface area contributed by atoms with Gasteiger partial charge < -0.3 is 15.2 Å². The topological polar surface area (TPSA) is 83.2 Å². The SMILES string of the molecule is COc1ccc(COc2cc(-c3cc(N)ncc3C)cc(-c3cccnc3C3CC3)n2)cc1. The van der Waals surface area contributed by atoms with Crippen molar-refractivity contribution in [3.63, 3.8) is 0 Å². The number of nitrogens with two attached hydrogens (primary N) is 1. The molecule has 4 aromatic rings. The Morgan fingerprint density at radius 1 is 1.00 bits per heavy atom. The maximum absolute atomic E-state index is 6.16. The zero-order chi connectivity index (χ0) is 22.8. The number of nitrogen functional groups attached to an aromatic ring is 1. The zero-order valence-electron chi connectivity index (χ0n) is 18.8. The van der Waals surface area contributed by atoms with Gasteiger partial charge >= 0.3 is 0 Å². The average Bonchev–Trinajstić information content (AvgIpc) is 3.70. The number of rotatable bonds is 7. The summed E-state index contributed by atoms with van der Waals surface area (Å²) in [6.07, 6.45) is 5.99. The van der Waals surface area contributed by atoms with Crippen LogP contribution in [0, 0.1) is 6.92 Å². The second-order valence-electron chi connectivity index (χ2n) is 8.35. The number of hydrogen-bond donors (Lipinski definition) is 1. The molecule has 0 radical (unpaired) electrons. The van der Waals surface area contributed by atoms with Crippen LogP contribution in [0.2, 0.25) is 0 Å². The van der Waals surface area contributed by atoms with Gasteiger partial charge in [-0.25, -0.2) is 9.97 Å². The minimum absolute atomic E-state index is 0.403. The molecule has 6 heteroatoms. The van der Waals surface area contributed by atoms with Crippen molar-refractivity contribution in [3.05, 3.63) is 83.8 Å². The average molecular weight is 439 g/mol. The lowest BCUT2D eigenvalue weighted by Crippen LogP contribution is -2.01. The van der Waals surface area contributed by atoms with Gasteiger partial charge in [0.25, 0.3) is 0 Å². The molecule has 0 atom stereocenters. The van der Waals surface area contributed by atoms with Gasteiger partial charge in [-0.3, -0.25) is 4.98 Å². The van der Waals surface area contributed by atoms with Crippen LogP contribution in [0.15, 0.2) is 67.0 Å². The molecule has 0 saturated heterocycles. The molecular formula is C27H26N4O2. The maximum Gasteiger partial charge on any atom is 0.214 e. The number of benzene rings is 1. The van der Waals surface area contributed by atoms with E-state index in [0.29, 0.717) is 24.2 Å². The van der Waals surface area contributed by atoms with Gasteiger partial charge in [0, 0.05) is 29.9 Å². The molecule has 166 valence electrons. The summed E-state index contributed by atoms with van der Waals surface area (Å²) in [6, 6.07) is 17.8. The molecule has 0 spiro atoms. The van der Waals surface area contributed by atoms with E-state index in [9.17, 15) is 0 Å². The number of hydrogen-bond acceptors (Lipinski definition) is 6. The Bertz CT molecular complexity index is 1280. The van der Waals surface area contributed by atoms with Crippen LogP contribution < -0.4 is 15.2 Å². The molecule has 1 aromatic carbocycles. The minimum Gasteiger partial charge on any atom is -0.497 e. The summed E-state index contributed by atoms with van der Waals surface area (Å²) in [6.45, 7) is 2.43. The van der Waals surface area contributed by atoms with Crippen LogP contribution in [-0.2, 0) is 6.61 Å². The van der Waals surface area contributed by atoms with Gasteiger partial charge in [0.15, 0.2) is 0 Å². The third-order valence-corrected chi connectivity index (χ3v) is 5.86. The first-order chi connectivity index (χ1) is 16.1. The summed E-state index contributed by atoms with van der Waals surface area (Å²) in [4.78, 5) is 13.7. The normalized spacial score (nSPS) is 13.0. The summed E-state index contributed by atoms with van der Waals surface area (Å²) in [5.41, 5.74) is 13.1. The van der Waals surface area contributed by atoms with Gasteiger partial charge in [0.2, 0.25) is 5.88 Å². The van der Waals surface area contributed by atoms with E-state index in [1.54, 1.807) is 13.3 Å². The highest BCUT2D eigenvalue weighted by molar-refractivity contribution is 5.75. The number of methoxy groups -OCH3 is 1. The zero-order valence-corrected chi connectivity index (χ0v) is 18.8. The molecule has 3 heterocycles. The molecule has 1 aliphatic carbocycles. The Balaban J connectivity index is 1.55. The van der Waals surface area contributed by atoms with E-state index in [1.807, 2.05) is 55.6 Å². The Morgan fingerprint density at radius 3 is 2.58 bits per heavy atom. The number of aryl methyl sites for hydroxylation is 1. The van der Waals surface area contributed by atoms with Crippen LogP contribution in [0.3, 0.4) is 0 Å². The molecule has 33 heavy (non-hydrogen) atoms. The van der Waals surface area contributed by atoms with Crippen molar-refractivity contribution in [2.24, 2.45) is 0 Å². The van der Waals surface area contributed by atoms with Crippen molar-refractivity contribution in [2.45, 2.75) is 32.3 Å². The van der Waals surface area contributed by atoms with Crippen LogP contribution in [0.5, 0.6) is 11.6 Å². The van der Waals surface area contributed by atoms with Gasteiger partial charge in [-0.05, 0) is 78.4 Å². The van der Waals surface area contributed by atoms with E-state index < -0.39 is 0 Å². The van der Waals surface area contributed by atoms with Gasteiger partial charge in [-0.15, -0.1) is 0 Å². The monoisotopic (exact) mass is 438 g/mol. The van der Waals surface area contributed by atoms with Crippen LogP contribution in [0.4, 0.5) is 5.82 Å². The molecule has 0 aliphatic heterocycles. The standard InChI is InChI=1S/C27H26N4O2/c1-17-15-30-25(28)14-23(17)20-12-24(22-4-3-11-29-27(22)19-7-8-19)31-26(13-20)33-16-18-5-9-21(32-2)10-6-18/h3-6,9-15,19H,7-8,16H2,1-2H3,(H2,28,30). The predicted octanol–water partition coefficient (Wildman–Crippen LogP) is 5.56. The second kappa shape index (κ2) is 8.90. The quantitative estimate of drug-likeness (QED) is 0.407. The molecular weight excluding hydrogens is 412 g/mol. The lowest BCUT2D eigenvalue weighted by molar-refractivity contribution is 0.294. The van der Waals surface area contributed by atoms with Crippen molar-refractivity contribution >= 4 is 5.82 Å². The minimum atomic E-state index is 0.403. The fourth-order valence-electron chi connectivity index (χ4n) is 3.92. The highest BCUT2D eigenvalue weighted by Crippen LogP contribution is 2.43. The lowest BCUT2D eigenvalue weighted by atomic mass is 9.99. The molecule has 1 saturated carbocycles. The van der Waals surface area contributed by atoms with E-state index >= 15 is 0 Å². The Kier molecular flexibility index (Phi) is 5.65. The molecule has 1 fully saturated rings. The number of ether oxygens (including phenoxy) is 2. The number of anilines is 1. The highest BCUT2D eigenvalue weighted by atomic mass is 16.5. The Labute approximate surface area is 193 Å². The van der Waals surface area contributed by atoms with Crippen molar-refractivity contribution in [2.75, 3.05) is 12.8 Å². The van der Waals surface area contributed by atoms with E-state index in [1.165, 1.54) is 12.8 Å². The maximum atomic E-state index is 6.16. The first-order valence-electron chi connectivity index (χ1n) is 11.1. The van der Waals surface area contributed by atoms with Crippen molar-refractivity contribution in [3.8, 4) is 34.0 Å². The largest absolute Gasteiger partial charge is 0.497 e. The van der Waals surface area contributed by atoms with E-state index in [2.05, 4.69) is 22.1 Å². The summed E-state index contributed by atoms with van der Waals surface area (Å²) >= 11 is 0. The second-order valence-corrected chi connectivity index (χ2v) is 8.35. The van der Waals surface area contributed by atoms with Crippen molar-refractivity contribution in [1.82, 2.24) is 15.0 Å². The van der Waals surface area contributed by atoms with Crippen LogP contribution in [-0.4, -0.2) is 22.1 Å². The number of pyridine rings is 3. The molecule has 3 aromatic heterocycles. The third kappa shape index (κ3) is 4.65. The number of nitrogens with zero attached hydrogens (tertiary/aromatic N) is 3. The lowest BCUT2D eigenvalue weighted by Gasteiger charge is -2.14. The third-order valence-electron chi connectivity index (χ3n) is 5.86. The first-order valence-corrected chi connectivity index (χ1v) is 11.1. The summed E-state index contributed by atoms with van der Waals surface area (Å²) in [5.74, 6) is 2.36. The fraction of sp³-hybridized carbons (Fsp3) is 0.222. The molecule has 6 nitrogen and oxygen atoms in total. The van der Waals surface area contributed by atoms with E-state index in [4.69, 9.17) is 20.2 Å². The molecule has 2 N–H and O–H groups in total. The van der Waals surface area contributed by atoms with Gasteiger partial charge in [-0.2, -0.15) is 0 Å². The molecule has 1 aliphatic rings. The first kappa shape index (κ1) is 20.9. The fourth-order valence-corrected chi connectivity index (χ4v) is 3.92. The van der Waals surface area contributed by atoms with Crippen molar-refractivity contribution < 1.29 is 9.47 Å².